The number of hydrazine groups is 1. The van der Waals surface area contributed by atoms with Crippen LogP contribution in [0, 0.1) is 11.8 Å². The molecule has 1 aliphatic carbocycles. The van der Waals surface area contributed by atoms with Crippen molar-refractivity contribution in [3.8, 4) is 0 Å². The summed E-state index contributed by atoms with van der Waals surface area (Å²) in [5.41, 5.74) is 5.00. The second-order valence-corrected chi connectivity index (χ2v) is 8.18. The number of halogens is 1. The Hall–Kier alpha value is -3.98. The third kappa shape index (κ3) is 4.69. The van der Waals surface area contributed by atoms with Gasteiger partial charge < -0.3 is 4.74 Å². The fourth-order valence-corrected chi connectivity index (χ4v) is 4.11. The average molecular weight is 482 g/mol. The van der Waals surface area contributed by atoms with Crippen molar-refractivity contribution in [1.29, 1.82) is 0 Å². The normalized spacial score (nSPS) is 18.9. The number of anilines is 1. The number of hydrogen-bond donors (Lipinski definition) is 2. The molecule has 0 spiro atoms. The highest BCUT2D eigenvalue weighted by Gasteiger charge is 2.47. The molecule has 174 valence electrons. The Morgan fingerprint density at radius 2 is 1.53 bits per heavy atom. The second-order valence-electron chi connectivity index (χ2n) is 7.77. The van der Waals surface area contributed by atoms with Gasteiger partial charge in [0.2, 0.25) is 11.8 Å². The lowest BCUT2D eigenvalue weighted by Crippen LogP contribution is -2.43. The second kappa shape index (κ2) is 9.88. The number of amides is 4. The van der Waals surface area contributed by atoms with E-state index in [9.17, 15) is 24.0 Å². The molecule has 0 saturated carbocycles. The molecule has 2 aliphatic rings. The van der Waals surface area contributed by atoms with E-state index in [4.69, 9.17) is 16.3 Å². The van der Waals surface area contributed by atoms with Gasteiger partial charge in [0, 0.05) is 0 Å². The highest BCUT2D eigenvalue weighted by Crippen LogP contribution is 2.37. The fourth-order valence-electron chi connectivity index (χ4n) is 3.89. The van der Waals surface area contributed by atoms with Crippen LogP contribution in [-0.2, 0) is 19.1 Å². The molecule has 4 rings (SSSR count). The van der Waals surface area contributed by atoms with E-state index < -0.39 is 24.4 Å². The van der Waals surface area contributed by atoms with Crippen LogP contribution in [0.4, 0.5) is 5.69 Å². The van der Waals surface area contributed by atoms with Gasteiger partial charge in [0.15, 0.2) is 6.61 Å². The molecule has 0 aromatic heterocycles. The van der Waals surface area contributed by atoms with Crippen LogP contribution in [0.2, 0.25) is 5.02 Å². The molecule has 4 amide bonds. The third-order valence-corrected chi connectivity index (χ3v) is 5.97. The number of allylic oxidation sites excluding steroid dienone is 2. The van der Waals surface area contributed by atoms with Crippen molar-refractivity contribution in [1.82, 2.24) is 10.9 Å². The van der Waals surface area contributed by atoms with Crippen molar-refractivity contribution in [3.05, 3.63) is 76.8 Å². The van der Waals surface area contributed by atoms with E-state index in [1.807, 2.05) is 12.2 Å². The summed E-state index contributed by atoms with van der Waals surface area (Å²) >= 11 is 5.92. The lowest BCUT2D eigenvalue weighted by atomic mass is 9.85. The number of nitrogens with zero attached hydrogens (tertiary/aromatic N) is 1. The number of fused-ring (bicyclic) bond motifs is 1. The molecular weight excluding hydrogens is 462 g/mol. The smallest absolute Gasteiger partial charge is 0.338 e. The van der Waals surface area contributed by atoms with Crippen molar-refractivity contribution in [2.75, 3.05) is 11.5 Å². The molecule has 1 fully saturated rings. The summed E-state index contributed by atoms with van der Waals surface area (Å²) in [7, 11) is 0. The molecule has 1 heterocycles. The molecular formula is C24H20ClN3O6. The van der Waals surface area contributed by atoms with E-state index in [2.05, 4.69) is 10.9 Å². The van der Waals surface area contributed by atoms with Gasteiger partial charge in [0.1, 0.15) is 0 Å². The highest BCUT2D eigenvalue weighted by molar-refractivity contribution is 6.33. The van der Waals surface area contributed by atoms with Gasteiger partial charge >= 0.3 is 5.97 Å². The summed E-state index contributed by atoms with van der Waals surface area (Å²) in [6, 6.07) is 12.1. The summed E-state index contributed by atoms with van der Waals surface area (Å²) in [4.78, 5) is 62.7. The van der Waals surface area contributed by atoms with E-state index in [0.29, 0.717) is 18.5 Å². The zero-order valence-electron chi connectivity index (χ0n) is 17.8. The van der Waals surface area contributed by atoms with E-state index in [1.165, 1.54) is 36.4 Å². The average Bonchev–Trinajstić information content (AvgIpc) is 3.11. The topological polar surface area (TPSA) is 122 Å². The van der Waals surface area contributed by atoms with Crippen molar-refractivity contribution in [2.24, 2.45) is 11.8 Å². The first kappa shape index (κ1) is 23.2. The van der Waals surface area contributed by atoms with Gasteiger partial charge in [-0.15, -0.1) is 0 Å². The number of nitrogens with one attached hydrogen (secondary N) is 2. The highest BCUT2D eigenvalue weighted by atomic mass is 35.5. The SMILES string of the molecule is O=C(COC(=O)c1ccc(N2C(=O)[C@@H]3CC=CC[C@H]3C2=O)cc1)NNC(=O)c1ccccc1Cl. The minimum Gasteiger partial charge on any atom is -0.452 e. The first-order valence-electron chi connectivity index (χ1n) is 10.5. The van der Waals surface area contributed by atoms with Crippen molar-refractivity contribution < 1.29 is 28.7 Å². The zero-order chi connectivity index (χ0) is 24.2. The van der Waals surface area contributed by atoms with Gasteiger partial charge in [-0.1, -0.05) is 35.9 Å². The minimum absolute atomic E-state index is 0.134. The third-order valence-electron chi connectivity index (χ3n) is 5.64. The maximum atomic E-state index is 12.7. The molecule has 2 aromatic carbocycles. The Kier molecular flexibility index (Phi) is 6.74. The summed E-state index contributed by atoms with van der Waals surface area (Å²) in [5, 5.41) is 0.219. The van der Waals surface area contributed by atoms with Gasteiger partial charge in [0.25, 0.3) is 11.8 Å². The number of benzene rings is 2. The van der Waals surface area contributed by atoms with Gasteiger partial charge in [-0.2, -0.15) is 0 Å². The Labute approximate surface area is 199 Å². The van der Waals surface area contributed by atoms with Crippen LogP contribution < -0.4 is 15.8 Å². The van der Waals surface area contributed by atoms with Crippen molar-refractivity contribution in [2.45, 2.75) is 12.8 Å². The first-order chi connectivity index (χ1) is 16.4. The summed E-state index contributed by atoms with van der Waals surface area (Å²) in [6.07, 6.45) is 4.90. The maximum absolute atomic E-state index is 12.7. The molecule has 2 atom stereocenters. The summed E-state index contributed by atoms with van der Waals surface area (Å²) in [5.74, 6) is -3.35. The largest absolute Gasteiger partial charge is 0.452 e. The number of esters is 1. The van der Waals surface area contributed by atoms with Crippen molar-refractivity contribution >= 4 is 46.9 Å². The van der Waals surface area contributed by atoms with Crippen LogP contribution in [0.3, 0.4) is 0 Å². The molecule has 0 unspecified atom stereocenters. The predicted molar refractivity (Wildman–Crippen MR) is 122 cm³/mol. The van der Waals surface area contributed by atoms with Crippen LogP contribution in [-0.4, -0.2) is 36.2 Å². The Morgan fingerprint density at radius 3 is 2.15 bits per heavy atom. The fraction of sp³-hybridized carbons (Fsp3) is 0.208. The van der Waals surface area contributed by atoms with Gasteiger partial charge in [0.05, 0.1) is 33.7 Å². The first-order valence-corrected chi connectivity index (χ1v) is 10.9. The summed E-state index contributed by atoms with van der Waals surface area (Å²) < 4.78 is 4.95. The molecule has 1 saturated heterocycles. The Bertz CT molecular complexity index is 1170. The summed E-state index contributed by atoms with van der Waals surface area (Å²) in [6.45, 7) is -0.636. The molecule has 10 heteroatoms. The van der Waals surface area contributed by atoms with Crippen molar-refractivity contribution in [3.63, 3.8) is 0 Å². The number of carbonyl (C=O) groups is 5. The number of carbonyl (C=O) groups excluding carboxylic acids is 5. The number of imide groups is 1. The van der Waals surface area contributed by atoms with Crippen LogP contribution in [0.1, 0.15) is 33.6 Å². The number of ether oxygens (including phenoxy) is 1. The molecule has 1 aliphatic heterocycles. The zero-order valence-corrected chi connectivity index (χ0v) is 18.6. The lowest BCUT2D eigenvalue weighted by Gasteiger charge is -2.15. The van der Waals surface area contributed by atoms with Gasteiger partial charge in [-0.25, -0.2) is 4.79 Å². The van der Waals surface area contributed by atoms with Crippen LogP contribution in [0.25, 0.3) is 0 Å². The molecule has 2 aromatic rings. The van der Waals surface area contributed by atoms with E-state index in [1.54, 1.807) is 12.1 Å². The van der Waals surface area contributed by atoms with E-state index in [-0.39, 0.29) is 39.8 Å². The molecule has 2 N–H and O–H groups in total. The molecule has 0 bridgehead atoms. The Morgan fingerprint density at radius 1 is 0.912 bits per heavy atom. The Balaban J connectivity index is 1.29. The molecule has 9 nitrogen and oxygen atoms in total. The van der Waals surface area contributed by atoms with Gasteiger partial charge in [-0.05, 0) is 49.2 Å². The van der Waals surface area contributed by atoms with E-state index in [0.717, 1.165) is 4.90 Å². The maximum Gasteiger partial charge on any atom is 0.338 e. The molecule has 34 heavy (non-hydrogen) atoms. The standard InChI is InChI=1S/C24H20ClN3O6/c25-19-8-4-3-7-18(19)21(30)27-26-20(29)13-34-24(33)14-9-11-15(12-10-14)28-22(31)16-5-1-2-6-17(16)23(28)32/h1-4,7-12,16-17H,5-6,13H2,(H,26,29)(H,27,30)/t16-,17-/m1/s1. The van der Waals surface area contributed by atoms with E-state index >= 15 is 0 Å². The number of hydrogen-bond acceptors (Lipinski definition) is 6. The monoisotopic (exact) mass is 481 g/mol. The van der Waals surface area contributed by atoms with Gasteiger partial charge in [-0.3, -0.25) is 34.9 Å². The van der Waals surface area contributed by atoms with Crippen LogP contribution in [0.15, 0.2) is 60.7 Å². The molecule has 0 radical (unpaired) electrons. The quantitative estimate of drug-likeness (QED) is 0.293. The van der Waals surface area contributed by atoms with Crippen LogP contribution >= 0.6 is 11.6 Å². The lowest BCUT2D eigenvalue weighted by molar-refractivity contribution is -0.125. The van der Waals surface area contributed by atoms with Crippen LogP contribution in [0.5, 0.6) is 0 Å². The predicted octanol–water partition coefficient (Wildman–Crippen LogP) is 2.41. The number of rotatable bonds is 5. The minimum atomic E-state index is -0.781.